The van der Waals surface area contributed by atoms with Crippen molar-refractivity contribution in [3.8, 4) is 0 Å². The standard InChI is InChI=1S/C10H16F3N3O2/c1-2-14-5-3-4-8-15-16-9(18-8)6-17-7-10(11,12)13/h14H,2-7H2,1H3. The van der Waals surface area contributed by atoms with Crippen molar-refractivity contribution in [2.45, 2.75) is 32.5 Å². The number of aromatic nitrogens is 2. The van der Waals surface area contributed by atoms with Crippen LogP contribution in [0.3, 0.4) is 0 Å². The fraction of sp³-hybridized carbons (Fsp3) is 0.800. The van der Waals surface area contributed by atoms with Crippen molar-refractivity contribution < 1.29 is 22.3 Å². The lowest BCUT2D eigenvalue weighted by atomic mass is 10.3. The van der Waals surface area contributed by atoms with Crippen LogP contribution in [0.5, 0.6) is 0 Å². The first-order valence-corrected chi connectivity index (χ1v) is 5.67. The van der Waals surface area contributed by atoms with E-state index in [1.807, 2.05) is 6.92 Å². The molecule has 1 heterocycles. The lowest BCUT2D eigenvalue weighted by molar-refractivity contribution is -0.177. The largest absolute Gasteiger partial charge is 0.423 e. The van der Waals surface area contributed by atoms with E-state index in [0.717, 1.165) is 19.5 Å². The minimum absolute atomic E-state index is 0.0673. The van der Waals surface area contributed by atoms with Crippen LogP contribution in [-0.2, 0) is 17.8 Å². The van der Waals surface area contributed by atoms with Gasteiger partial charge in [0.05, 0.1) is 0 Å². The van der Waals surface area contributed by atoms with Crippen LogP contribution in [0, 0.1) is 0 Å². The smallest absolute Gasteiger partial charge is 0.411 e. The molecule has 0 radical (unpaired) electrons. The molecule has 0 amide bonds. The molecule has 0 saturated carbocycles. The third-order valence-electron chi connectivity index (χ3n) is 1.99. The van der Waals surface area contributed by atoms with Gasteiger partial charge in [0.1, 0.15) is 13.2 Å². The van der Waals surface area contributed by atoms with Crippen LogP contribution in [0.4, 0.5) is 13.2 Å². The average Bonchev–Trinajstić information content (AvgIpc) is 2.71. The van der Waals surface area contributed by atoms with E-state index < -0.39 is 12.8 Å². The topological polar surface area (TPSA) is 60.2 Å². The number of rotatable bonds is 8. The summed E-state index contributed by atoms with van der Waals surface area (Å²) in [5, 5.41) is 10.5. The summed E-state index contributed by atoms with van der Waals surface area (Å²) in [6.45, 7) is 2.09. The van der Waals surface area contributed by atoms with Crippen LogP contribution in [0.15, 0.2) is 4.42 Å². The van der Waals surface area contributed by atoms with Crippen molar-refractivity contribution in [3.05, 3.63) is 11.8 Å². The zero-order valence-electron chi connectivity index (χ0n) is 10.1. The van der Waals surface area contributed by atoms with Crippen LogP contribution in [0.2, 0.25) is 0 Å². The molecule has 0 saturated heterocycles. The Labute approximate surface area is 103 Å². The molecular weight excluding hydrogens is 251 g/mol. The lowest BCUT2D eigenvalue weighted by Gasteiger charge is -2.04. The summed E-state index contributed by atoms with van der Waals surface area (Å²) in [4.78, 5) is 0. The van der Waals surface area contributed by atoms with E-state index in [9.17, 15) is 13.2 Å². The highest BCUT2D eigenvalue weighted by molar-refractivity contribution is 4.80. The van der Waals surface area contributed by atoms with Gasteiger partial charge in [-0.3, -0.25) is 0 Å². The Kier molecular flexibility index (Phi) is 6.06. The van der Waals surface area contributed by atoms with Crippen molar-refractivity contribution >= 4 is 0 Å². The minimum Gasteiger partial charge on any atom is -0.423 e. The summed E-state index contributed by atoms with van der Waals surface area (Å²) < 4.78 is 45.0. The van der Waals surface area contributed by atoms with E-state index in [-0.39, 0.29) is 12.5 Å². The molecule has 8 heteroatoms. The fourth-order valence-corrected chi connectivity index (χ4v) is 1.24. The van der Waals surface area contributed by atoms with E-state index in [0.29, 0.717) is 12.3 Å². The SMILES string of the molecule is CCNCCCc1nnc(COCC(F)(F)F)o1. The second-order valence-electron chi connectivity index (χ2n) is 3.65. The Morgan fingerprint density at radius 1 is 1.28 bits per heavy atom. The summed E-state index contributed by atoms with van der Waals surface area (Å²) in [6, 6.07) is 0. The second kappa shape index (κ2) is 7.32. The molecule has 0 aliphatic heterocycles. The van der Waals surface area contributed by atoms with Crippen molar-refractivity contribution in [1.29, 1.82) is 0 Å². The van der Waals surface area contributed by atoms with E-state index in [4.69, 9.17) is 4.42 Å². The summed E-state index contributed by atoms with van der Waals surface area (Å²) in [5.41, 5.74) is 0. The van der Waals surface area contributed by atoms with E-state index in [1.54, 1.807) is 0 Å². The first-order valence-electron chi connectivity index (χ1n) is 5.67. The van der Waals surface area contributed by atoms with Gasteiger partial charge >= 0.3 is 6.18 Å². The number of aryl methyl sites for hydroxylation is 1. The van der Waals surface area contributed by atoms with Crippen LogP contribution in [0.25, 0.3) is 0 Å². The molecule has 5 nitrogen and oxygen atoms in total. The number of halogens is 3. The van der Waals surface area contributed by atoms with Gasteiger partial charge in [0.15, 0.2) is 0 Å². The molecule has 0 aliphatic carbocycles. The molecule has 0 unspecified atom stereocenters. The average molecular weight is 267 g/mol. The predicted octanol–water partition coefficient (Wildman–Crippen LogP) is 1.69. The molecule has 104 valence electrons. The molecule has 1 N–H and O–H groups in total. The highest BCUT2D eigenvalue weighted by Gasteiger charge is 2.27. The minimum atomic E-state index is -4.34. The number of alkyl halides is 3. The molecule has 1 rings (SSSR count). The van der Waals surface area contributed by atoms with Crippen molar-refractivity contribution in [2.24, 2.45) is 0 Å². The molecule has 1 aromatic rings. The van der Waals surface area contributed by atoms with Gasteiger partial charge in [-0.05, 0) is 19.5 Å². The Balaban J connectivity index is 2.21. The summed E-state index contributed by atoms with van der Waals surface area (Å²) in [6.07, 6.45) is -2.91. The van der Waals surface area contributed by atoms with E-state index in [2.05, 4.69) is 20.3 Å². The molecule has 1 aromatic heterocycles. The molecule has 0 aliphatic rings. The Morgan fingerprint density at radius 3 is 2.67 bits per heavy atom. The molecular formula is C10H16F3N3O2. The molecule has 0 atom stereocenters. The summed E-state index contributed by atoms with van der Waals surface area (Å²) in [7, 11) is 0. The zero-order chi connectivity index (χ0) is 13.4. The number of ether oxygens (including phenoxy) is 1. The van der Waals surface area contributed by atoms with E-state index in [1.165, 1.54) is 0 Å². The molecule has 0 fully saturated rings. The Bertz CT molecular complexity index is 341. The van der Waals surface area contributed by atoms with Crippen LogP contribution in [0.1, 0.15) is 25.1 Å². The van der Waals surface area contributed by atoms with Gasteiger partial charge in [-0.2, -0.15) is 13.2 Å². The van der Waals surface area contributed by atoms with Crippen LogP contribution in [-0.4, -0.2) is 36.1 Å². The molecule has 18 heavy (non-hydrogen) atoms. The monoisotopic (exact) mass is 267 g/mol. The van der Waals surface area contributed by atoms with Crippen LogP contribution >= 0.6 is 0 Å². The summed E-state index contributed by atoms with van der Waals surface area (Å²) in [5.74, 6) is 0.483. The van der Waals surface area contributed by atoms with Gasteiger partial charge in [-0.15, -0.1) is 10.2 Å². The first-order chi connectivity index (χ1) is 8.51. The first kappa shape index (κ1) is 14.9. The summed E-state index contributed by atoms with van der Waals surface area (Å²) >= 11 is 0. The Hall–Kier alpha value is -1.15. The quantitative estimate of drug-likeness (QED) is 0.726. The normalized spacial score (nSPS) is 12.0. The zero-order valence-corrected chi connectivity index (χ0v) is 10.1. The lowest BCUT2D eigenvalue weighted by Crippen LogP contribution is -2.16. The third-order valence-corrected chi connectivity index (χ3v) is 1.99. The molecule has 0 bridgehead atoms. The van der Waals surface area contributed by atoms with Gasteiger partial charge in [-0.1, -0.05) is 6.92 Å². The van der Waals surface area contributed by atoms with Crippen molar-refractivity contribution in [2.75, 3.05) is 19.7 Å². The third kappa shape index (κ3) is 6.55. The maximum atomic E-state index is 11.8. The molecule has 0 spiro atoms. The molecule has 0 aromatic carbocycles. The predicted molar refractivity (Wildman–Crippen MR) is 56.9 cm³/mol. The maximum Gasteiger partial charge on any atom is 0.411 e. The maximum absolute atomic E-state index is 11.8. The highest BCUT2D eigenvalue weighted by atomic mass is 19.4. The Morgan fingerprint density at radius 2 is 2.00 bits per heavy atom. The fourth-order valence-electron chi connectivity index (χ4n) is 1.24. The van der Waals surface area contributed by atoms with Gasteiger partial charge in [0.2, 0.25) is 11.8 Å². The van der Waals surface area contributed by atoms with Gasteiger partial charge in [0.25, 0.3) is 0 Å². The number of nitrogens with one attached hydrogen (secondary N) is 1. The van der Waals surface area contributed by atoms with Gasteiger partial charge in [-0.25, -0.2) is 0 Å². The van der Waals surface area contributed by atoms with E-state index >= 15 is 0 Å². The van der Waals surface area contributed by atoms with Crippen LogP contribution < -0.4 is 5.32 Å². The second-order valence-corrected chi connectivity index (χ2v) is 3.65. The highest BCUT2D eigenvalue weighted by Crippen LogP contribution is 2.15. The van der Waals surface area contributed by atoms with Crippen molar-refractivity contribution in [1.82, 2.24) is 15.5 Å². The number of hydrogen-bond donors (Lipinski definition) is 1. The van der Waals surface area contributed by atoms with Gasteiger partial charge in [0, 0.05) is 6.42 Å². The van der Waals surface area contributed by atoms with Gasteiger partial charge < -0.3 is 14.5 Å². The number of nitrogens with zero attached hydrogens (tertiary/aromatic N) is 2. The van der Waals surface area contributed by atoms with Crippen molar-refractivity contribution in [3.63, 3.8) is 0 Å². The number of hydrogen-bond acceptors (Lipinski definition) is 5.